The Kier molecular flexibility index (Phi) is 4.68. The van der Waals surface area contributed by atoms with Crippen molar-refractivity contribution in [2.45, 2.75) is 13.3 Å². The van der Waals surface area contributed by atoms with Crippen LogP contribution in [0.1, 0.15) is 17.3 Å². The molecule has 0 aliphatic heterocycles. The number of rotatable bonds is 5. The molecule has 1 rings (SSSR count). The maximum Gasteiger partial charge on any atom is 0.338 e. The van der Waals surface area contributed by atoms with Crippen LogP contribution in [-0.2, 0) is 4.74 Å². The van der Waals surface area contributed by atoms with Gasteiger partial charge in [-0.15, -0.1) is 0 Å². The van der Waals surface area contributed by atoms with Gasteiger partial charge in [-0.2, -0.15) is 0 Å². The molecular formula is C11H14F2N2O2. The summed E-state index contributed by atoms with van der Waals surface area (Å²) in [7, 11) is 0. The molecule has 0 aromatic heterocycles. The lowest BCUT2D eigenvalue weighted by Gasteiger charge is -2.10. The highest BCUT2D eigenvalue weighted by molar-refractivity contribution is 5.92. The summed E-state index contributed by atoms with van der Waals surface area (Å²) in [6.07, 6.45) is -2.49. The number of alkyl halides is 2. The second-order valence-corrected chi connectivity index (χ2v) is 3.29. The van der Waals surface area contributed by atoms with Crippen molar-refractivity contribution in [3.63, 3.8) is 0 Å². The molecule has 0 radical (unpaired) electrons. The van der Waals surface area contributed by atoms with E-state index in [0.29, 0.717) is 11.4 Å². The zero-order valence-electron chi connectivity index (χ0n) is 9.37. The number of hydrogen-bond donors (Lipinski definition) is 2. The first-order valence-corrected chi connectivity index (χ1v) is 5.13. The lowest BCUT2D eigenvalue weighted by atomic mass is 10.1. The maximum atomic E-state index is 12.0. The SMILES string of the molecule is CCOC(=O)c1ccc(N)c(NCC(F)F)c1. The van der Waals surface area contributed by atoms with Gasteiger partial charge in [0.1, 0.15) is 0 Å². The molecule has 4 nitrogen and oxygen atoms in total. The monoisotopic (exact) mass is 244 g/mol. The molecule has 0 heterocycles. The fourth-order valence-electron chi connectivity index (χ4n) is 1.24. The summed E-state index contributed by atoms with van der Waals surface area (Å²) in [6, 6.07) is 4.36. The van der Waals surface area contributed by atoms with Gasteiger partial charge in [0.2, 0.25) is 0 Å². The third-order valence-corrected chi connectivity index (χ3v) is 2.01. The van der Waals surface area contributed by atoms with Gasteiger partial charge in [0.15, 0.2) is 0 Å². The van der Waals surface area contributed by atoms with Gasteiger partial charge in [-0.05, 0) is 25.1 Å². The fraction of sp³-hybridized carbons (Fsp3) is 0.364. The highest BCUT2D eigenvalue weighted by Gasteiger charge is 2.10. The summed E-state index contributed by atoms with van der Waals surface area (Å²) in [6.45, 7) is 1.42. The lowest BCUT2D eigenvalue weighted by Crippen LogP contribution is -2.13. The highest BCUT2D eigenvalue weighted by atomic mass is 19.3. The lowest BCUT2D eigenvalue weighted by molar-refractivity contribution is 0.0526. The number of nitrogens with two attached hydrogens (primary N) is 1. The van der Waals surface area contributed by atoms with E-state index in [-0.39, 0.29) is 12.2 Å². The predicted octanol–water partition coefficient (Wildman–Crippen LogP) is 2.12. The minimum atomic E-state index is -2.49. The largest absolute Gasteiger partial charge is 0.462 e. The Labute approximate surface area is 97.8 Å². The van der Waals surface area contributed by atoms with Crippen molar-refractivity contribution in [3.05, 3.63) is 23.8 Å². The van der Waals surface area contributed by atoms with Crippen LogP contribution >= 0.6 is 0 Å². The normalized spacial score (nSPS) is 10.4. The second kappa shape index (κ2) is 6.03. The molecule has 0 bridgehead atoms. The third kappa shape index (κ3) is 3.90. The third-order valence-electron chi connectivity index (χ3n) is 2.01. The molecule has 0 aliphatic carbocycles. The number of carbonyl (C=O) groups is 1. The quantitative estimate of drug-likeness (QED) is 0.615. The van der Waals surface area contributed by atoms with Crippen LogP contribution in [0.5, 0.6) is 0 Å². The Balaban J connectivity index is 2.82. The zero-order valence-corrected chi connectivity index (χ0v) is 9.37. The molecule has 0 amide bonds. The molecular weight excluding hydrogens is 230 g/mol. The van der Waals surface area contributed by atoms with Crippen molar-refractivity contribution in [2.24, 2.45) is 0 Å². The first kappa shape index (κ1) is 13.2. The first-order valence-electron chi connectivity index (χ1n) is 5.13. The zero-order chi connectivity index (χ0) is 12.8. The number of nitrogen functional groups attached to an aromatic ring is 1. The number of halogens is 2. The Bertz CT molecular complexity index is 397. The number of hydrogen-bond acceptors (Lipinski definition) is 4. The van der Waals surface area contributed by atoms with Gasteiger partial charge in [0, 0.05) is 0 Å². The molecule has 94 valence electrons. The molecule has 0 atom stereocenters. The van der Waals surface area contributed by atoms with Crippen LogP contribution in [0.25, 0.3) is 0 Å². The van der Waals surface area contributed by atoms with Crippen LogP contribution < -0.4 is 11.1 Å². The minimum Gasteiger partial charge on any atom is -0.462 e. The number of benzene rings is 1. The molecule has 0 fully saturated rings. The molecule has 3 N–H and O–H groups in total. The summed E-state index contributed by atoms with van der Waals surface area (Å²) < 4.78 is 28.9. The Hall–Kier alpha value is -1.85. The van der Waals surface area contributed by atoms with Gasteiger partial charge in [0.05, 0.1) is 30.1 Å². The molecule has 1 aromatic carbocycles. The van der Waals surface area contributed by atoms with E-state index in [2.05, 4.69) is 5.32 Å². The summed E-state index contributed by atoms with van der Waals surface area (Å²) >= 11 is 0. The van der Waals surface area contributed by atoms with Crippen LogP contribution in [-0.4, -0.2) is 25.5 Å². The molecule has 1 aromatic rings. The standard InChI is InChI=1S/C11H14F2N2O2/c1-2-17-11(16)7-3-4-8(14)9(5-7)15-6-10(12)13/h3-5,10,15H,2,6,14H2,1H3. The number of esters is 1. The minimum absolute atomic E-state index is 0.253. The fourth-order valence-corrected chi connectivity index (χ4v) is 1.24. The van der Waals surface area contributed by atoms with E-state index < -0.39 is 18.9 Å². The molecule has 6 heteroatoms. The highest BCUT2D eigenvalue weighted by Crippen LogP contribution is 2.20. The molecule has 17 heavy (non-hydrogen) atoms. The van der Waals surface area contributed by atoms with E-state index in [4.69, 9.17) is 10.5 Å². The van der Waals surface area contributed by atoms with Crippen molar-refractivity contribution >= 4 is 17.3 Å². The van der Waals surface area contributed by atoms with Crippen molar-refractivity contribution in [3.8, 4) is 0 Å². The Morgan fingerprint density at radius 2 is 2.24 bits per heavy atom. The van der Waals surface area contributed by atoms with Crippen molar-refractivity contribution in [1.29, 1.82) is 0 Å². The number of ether oxygens (including phenoxy) is 1. The van der Waals surface area contributed by atoms with E-state index in [1.807, 2.05) is 0 Å². The smallest absolute Gasteiger partial charge is 0.338 e. The molecule has 0 unspecified atom stereocenters. The van der Waals surface area contributed by atoms with Gasteiger partial charge in [-0.25, -0.2) is 13.6 Å². The average molecular weight is 244 g/mol. The van der Waals surface area contributed by atoms with Gasteiger partial charge in [0.25, 0.3) is 6.43 Å². The van der Waals surface area contributed by atoms with Gasteiger partial charge >= 0.3 is 5.97 Å². The second-order valence-electron chi connectivity index (χ2n) is 3.29. The number of carbonyl (C=O) groups excluding carboxylic acids is 1. The molecule has 0 spiro atoms. The van der Waals surface area contributed by atoms with E-state index in [1.54, 1.807) is 6.92 Å². The van der Waals surface area contributed by atoms with Gasteiger partial charge in [-0.1, -0.05) is 0 Å². The molecule has 0 saturated heterocycles. The molecule has 0 saturated carbocycles. The van der Waals surface area contributed by atoms with Crippen molar-refractivity contribution in [1.82, 2.24) is 0 Å². The number of anilines is 2. The number of nitrogens with one attached hydrogen (secondary N) is 1. The van der Waals surface area contributed by atoms with Crippen LogP contribution in [0.15, 0.2) is 18.2 Å². The van der Waals surface area contributed by atoms with Crippen LogP contribution in [0.2, 0.25) is 0 Å². The maximum absolute atomic E-state index is 12.0. The topological polar surface area (TPSA) is 64.3 Å². The van der Waals surface area contributed by atoms with Crippen LogP contribution in [0, 0.1) is 0 Å². The summed E-state index contributed by atoms with van der Waals surface area (Å²) in [5.74, 6) is -0.507. The van der Waals surface area contributed by atoms with Crippen molar-refractivity contribution < 1.29 is 18.3 Å². The van der Waals surface area contributed by atoms with Crippen LogP contribution in [0.4, 0.5) is 20.2 Å². The Morgan fingerprint density at radius 3 is 2.82 bits per heavy atom. The van der Waals surface area contributed by atoms with Crippen LogP contribution in [0.3, 0.4) is 0 Å². The predicted molar refractivity (Wildman–Crippen MR) is 61.3 cm³/mol. The van der Waals surface area contributed by atoms with E-state index in [1.165, 1.54) is 18.2 Å². The van der Waals surface area contributed by atoms with E-state index >= 15 is 0 Å². The van der Waals surface area contributed by atoms with Gasteiger partial charge < -0.3 is 15.8 Å². The summed E-state index contributed by atoms with van der Waals surface area (Å²) in [5.41, 5.74) is 6.47. The van der Waals surface area contributed by atoms with E-state index in [0.717, 1.165) is 0 Å². The average Bonchev–Trinajstić information content (AvgIpc) is 2.28. The summed E-state index contributed by atoms with van der Waals surface area (Å²) in [5, 5.41) is 2.47. The first-order chi connectivity index (χ1) is 8.04. The van der Waals surface area contributed by atoms with Gasteiger partial charge in [-0.3, -0.25) is 0 Å². The Morgan fingerprint density at radius 1 is 1.53 bits per heavy atom. The summed E-state index contributed by atoms with van der Waals surface area (Å²) in [4.78, 5) is 11.4. The molecule has 0 aliphatic rings. The van der Waals surface area contributed by atoms with E-state index in [9.17, 15) is 13.6 Å². The van der Waals surface area contributed by atoms with Crippen molar-refractivity contribution in [2.75, 3.05) is 24.2 Å².